The Hall–Kier alpha value is -5.70. The number of para-hydroxylation sites is 2. The Morgan fingerprint density at radius 3 is 2.40 bits per heavy atom. The number of benzene rings is 4. The molecule has 4 aromatic carbocycles. The van der Waals surface area contributed by atoms with Crippen LogP contribution in [0.25, 0.3) is 33.2 Å². The molecule has 6 aromatic rings. The van der Waals surface area contributed by atoms with E-state index in [1.165, 1.54) is 6.33 Å². The van der Waals surface area contributed by atoms with E-state index in [0.717, 1.165) is 44.4 Å². The fourth-order valence-corrected chi connectivity index (χ4v) is 5.00. The molecule has 2 aromatic heterocycles. The second-order valence-electron chi connectivity index (χ2n) is 11.6. The molecule has 6 rings (SSSR count). The van der Waals surface area contributed by atoms with Gasteiger partial charge in [0.15, 0.2) is 0 Å². The normalized spacial score (nSPS) is 11.4. The Kier molecular flexibility index (Phi) is 8.16. The fourth-order valence-electron chi connectivity index (χ4n) is 5.00. The number of alkyl carbamates (subject to hydrolysis) is 1. The van der Waals surface area contributed by atoms with E-state index in [4.69, 9.17) is 9.15 Å². The van der Waals surface area contributed by atoms with Gasteiger partial charge in [0.25, 0.3) is 5.91 Å². The van der Waals surface area contributed by atoms with Crippen LogP contribution in [0.3, 0.4) is 0 Å². The Balaban J connectivity index is 1.08. The highest BCUT2D eigenvalue weighted by Gasteiger charge is 2.16. The van der Waals surface area contributed by atoms with Gasteiger partial charge in [0.2, 0.25) is 0 Å². The number of ether oxygens (including phenoxy) is 1. The van der Waals surface area contributed by atoms with Crippen LogP contribution in [0, 0.1) is 0 Å². The number of carbonyl (C=O) groups is 2. The quantitative estimate of drug-likeness (QED) is 0.162. The molecule has 0 bridgehead atoms. The van der Waals surface area contributed by atoms with Crippen LogP contribution in [-0.2, 0) is 11.2 Å². The number of rotatable bonds is 8. The van der Waals surface area contributed by atoms with Crippen LogP contribution >= 0.6 is 0 Å². The van der Waals surface area contributed by atoms with Gasteiger partial charge < -0.3 is 25.1 Å². The predicted molar refractivity (Wildman–Crippen MR) is 177 cm³/mol. The van der Waals surface area contributed by atoms with Crippen LogP contribution < -0.4 is 16.0 Å². The lowest BCUT2D eigenvalue weighted by atomic mass is 10.1. The van der Waals surface area contributed by atoms with Gasteiger partial charge >= 0.3 is 6.09 Å². The van der Waals surface area contributed by atoms with Crippen LogP contribution in [0.15, 0.2) is 108 Å². The van der Waals surface area contributed by atoms with E-state index in [2.05, 4.69) is 38.1 Å². The second kappa shape index (κ2) is 12.5. The standard InChI is InChI=1S/C36H33N5O4/c1-36(2,3)45-35(43)37-19-18-23-8-6-9-24(20-23)34(42)41-26-16-14-25(15-17-26)40-32-21-30(38-22-39-32)29-12-7-11-28-27-10-4-5-13-31(27)44-33(28)29/h4-17,20-22H,18-19H2,1-3H3,(H,37,43)(H,41,42)(H,38,39,40). The molecule has 9 nitrogen and oxygen atoms in total. The summed E-state index contributed by atoms with van der Waals surface area (Å²) in [5.74, 6) is 0.403. The predicted octanol–water partition coefficient (Wildman–Crippen LogP) is 8.11. The molecule has 45 heavy (non-hydrogen) atoms. The molecule has 0 saturated heterocycles. The summed E-state index contributed by atoms with van der Waals surface area (Å²) in [7, 11) is 0. The molecule has 0 spiro atoms. The van der Waals surface area contributed by atoms with E-state index < -0.39 is 11.7 Å². The Morgan fingerprint density at radius 2 is 1.58 bits per heavy atom. The molecule has 2 heterocycles. The highest BCUT2D eigenvalue weighted by atomic mass is 16.6. The molecular weight excluding hydrogens is 566 g/mol. The first kappa shape index (κ1) is 29.4. The van der Waals surface area contributed by atoms with Crippen molar-refractivity contribution in [3.05, 3.63) is 115 Å². The van der Waals surface area contributed by atoms with Crippen molar-refractivity contribution in [1.29, 1.82) is 0 Å². The lowest BCUT2D eigenvalue weighted by molar-refractivity contribution is 0.0528. The maximum Gasteiger partial charge on any atom is 0.407 e. The first-order chi connectivity index (χ1) is 21.7. The third-order valence-corrected chi connectivity index (χ3v) is 7.03. The van der Waals surface area contributed by atoms with Crippen LogP contribution in [0.5, 0.6) is 0 Å². The first-order valence-corrected chi connectivity index (χ1v) is 14.7. The minimum Gasteiger partial charge on any atom is -0.455 e. The minimum atomic E-state index is -0.553. The number of nitrogens with zero attached hydrogens (tertiary/aromatic N) is 2. The largest absolute Gasteiger partial charge is 0.455 e. The van der Waals surface area contributed by atoms with Crippen LogP contribution in [0.2, 0.25) is 0 Å². The topological polar surface area (TPSA) is 118 Å². The first-order valence-electron chi connectivity index (χ1n) is 14.7. The summed E-state index contributed by atoms with van der Waals surface area (Å²) in [4.78, 5) is 33.8. The fraction of sp³-hybridized carbons (Fsp3) is 0.167. The lowest BCUT2D eigenvalue weighted by Crippen LogP contribution is -2.33. The average Bonchev–Trinajstić information content (AvgIpc) is 3.40. The minimum absolute atomic E-state index is 0.224. The zero-order valence-corrected chi connectivity index (χ0v) is 25.3. The van der Waals surface area contributed by atoms with E-state index in [0.29, 0.717) is 30.0 Å². The number of anilines is 3. The van der Waals surface area contributed by atoms with Gasteiger partial charge in [-0.2, -0.15) is 0 Å². The number of hydrogen-bond donors (Lipinski definition) is 3. The molecule has 9 heteroatoms. The zero-order valence-electron chi connectivity index (χ0n) is 25.3. The molecule has 0 aliphatic heterocycles. The van der Waals surface area contributed by atoms with E-state index in [1.54, 1.807) is 6.07 Å². The maximum absolute atomic E-state index is 13.0. The molecule has 3 N–H and O–H groups in total. The van der Waals surface area contributed by atoms with E-state index >= 15 is 0 Å². The van der Waals surface area contributed by atoms with Crippen LogP contribution in [0.1, 0.15) is 36.7 Å². The van der Waals surface area contributed by atoms with Crippen molar-refractivity contribution in [2.24, 2.45) is 0 Å². The molecule has 0 unspecified atom stereocenters. The number of hydrogen-bond acceptors (Lipinski definition) is 7. The number of furan rings is 1. The second-order valence-corrected chi connectivity index (χ2v) is 11.6. The van der Waals surface area contributed by atoms with Gasteiger partial charge in [-0.1, -0.05) is 42.5 Å². The van der Waals surface area contributed by atoms with Crippen LogP contribution in [-0.4, -0.2) is 34.1 Å². The van der Waals surface area contributed by atoms with Gasteiger partial charge in [0.05, 0.1) is 5.69 Å². The van der Waals surface area contributed by atoms with Gasteiger partial charge in [-0.05, 0) is 81.3 Å². The van der Waals surface area contributed by atoms with Crippen molar-refractivity contribution in [2.45, 2.75) is 32.8 Å². The summed E-state index contributed by atoms with van der Waals surface area (Å²) in [5.41, 5.74) is 5.61. The van der Waals surface area contributed by atoms with E-state index in [-0.39, 0.29) is 5.91 Å². The van der Waals surface area contributed by atoms with Crippen molar-refractivity contribution in [2.75, 3.05) is 17.2 Å². The summed E-state index contributed by atoms with van der Waals surface area (Å²) in [6.45, 7) is 5.85. The highest BCUT2D eigenvalue weighted by Crippen LogP contribution is 2.35. The summed E-state index contributed by atoms with van der Waals surface area (Å²) >= 11 is 0. The SMILES string of the molecule is CC(C)(C)OC(=O)NCCc1cccc(C(=O)Nc2ccc(Nc3cc(-c4cccc5c4oc4ccccc45)ncn3)cc2)c1. The molecule has 0 saturated carbocycles. The monoisotopic (exact) mass is 599 g/mol. The lowest BCUT2D eigenvalue weighted by Gasteiger charge is -2.19. The van der Waals surface area contributed by atoms with Gasteiger partial charge in [-0.25, -0.2) is 14.8 Å². The van der Waals surface area contributed by atoms with Crippen LogP contribution in [0.4, 0.5) is 22.0 Å². The Labute approximate surface area is 260 Å². The van der Waals surface area contributed by atoms with Gasteiger partial charge in [-0.15, -0.1) is 0 Å². The molecule has 0 fully saturated rings. The maximum atomic E-state index is 13.0. The van der Waals surface area contributed by atoms with Crippen molar-refractivity contribution in [1.82, 2.24) is 15.3 Å². The molecular formula is C36H33N5O4. The summed E-state index contributed by atoms with van der Waals surface area (Å²) < 4.78 is 11.4. The zero-order chi connectivity index (χ0) is 31.4. The molecule has 226 valence electrons. The summed E-state index contributed by atoms with van der Waals surface area (Å²) in [6, 6.07) is 30.6. The molecule has 0 atom stereocenters. The Morgan fingerprint density at radius 1 is 0.822 bits per heavy atom. The van der Waals surface area contributed by atoms with E-state index in [9.17, 15) is 9.59 Å². The highest BCUT2D eigenvalue weighted by molar-refractivity contribution is 6.09. The van der Waals surface area contributed by atoms with Gasteiger partial charge in [-0.3, -0.25) is 4.79 Å². The number of fused-ring (bicyclic) bond motifs is 3. The summed E-state index contributed by atoms with van der Waals surface area (Å²) in [6.07, 6.45) is 1.63. The number of amides is 2. The van der Waals surface area contributed by atoms with Gasteiger partial charge in [0.1, 0.15) is 28.9 Å². The average molecular weight is 600 g/mol. The summed E-state index contributed by atoms with van der Waals surface area (Å²) in [5, 5.41) is 11.1. The molecule has 0 aliphatic carbocycles. The molecule has 0 radical (unpaired) electrons. The van der Waals surface area contributed by atoms with Crippen molar-refractivity contribution in [3.8, 4) is 11.3 Å². The number of carbonyl (C=O) groups excluding carboxylic acids is 2. The van der Waals surface area contributed by atoms with Crippen molar-refractivity contribution < 1.29 is 18.7 Å². The number of aromatic nitrogens is 2. The third kappa shape index (κ3) is 7.10. The smallest absolute Gasteiger partial charge is 0.407 e. The van der Waals surface area contributed by atoms with E-state index in [1.807, 2.05) is 99.6 Å². The van der Waals surface area contributed by atoms with Gasteiger partial charge in [0, 0.05) is 45.9 Å². The van der Waals surface area contributed by atoms with Crippen molar-refractivity contribution in [3.63, 3.8) is 0 Å². The number of nitrogens with one attached hydrogen (secondary N) is 3. The third-order valence-electron chi connectivity index (χ3n) is 7.03. The Bertz CT molecular complexity index is 1990. The molecule has 2 amide bonds. The van der Waals surface area contributed by atoms with Crippen molar-refractivity contribution >= 4 is 51.1 Å². The molecule has 0 aliphatic rings.